The van der Waals surface area contributed by atoms with E-state index < -0.39 is 10.0 Å². The Bertz CT molecular complexity index is 727. The Morgan fingerprint density at radius 3 is 2.48 bits per heavy atom. The molecule has 0 radical (unpaired) electrons. The first-order valence-electron chi connectivity index (χ1n) is 9.97. The monoisotopic (exact) mass is 394 g/mol. The average molecular weight is 395 g/mol. The topological polar surface area (TPSA) is 75.7 Å². The Balaban J connectivity index is 1.54. The fourth-order valence-electron chi connectivity index (χ4n) is 3.85. The molecular formula is C20H30N2O4S. The summed E-state index contributed by atoms with van der Waals surface area (Å²) in [6.45, 7) is 3.26. The highest BCUT2D eigenvalue weighted by Crippen LogP contribution is 2.24. The highest BCUT2D eigenvalue weighted by Gasteiger charge is 2.28. The number of nitrogens with zero attached hydrogens (tertiary/aromatic N) is 1. The third kappa shape index (κ3) is 5.53. The molecular weight excluding hydrogens is 364 g/mol. The lowest BCUT2D eigenvalue weighted by atomic mass is 9.98. The maximum absolute atomic E-state index is 12.8. The van der Waals surface area contributed by atoms with Gasteiger partial charge in [-0.15, -0.1) is 0 Å². The third-order valence-corrected chi connectivity index (χ3v) is 7.28. The van der Waals surface area contributed by atoms with Gasteiger partial charge in [0.1, 0.15) is 6.61 Å². The first-order valence-corrected chi connectivity index (χ1v) is 11.4. The summed E-state index contributed by atoms with van der Waals surface area (Å²) >= 11 is 0. The predicted octanol–water partition coefficient (Wildman–Crippen LogP) is 3.40. The lowest BCUT2D eigenvalue weighted by molar-refractivity contribution is -0.123. The molecule has 0 spiro atoms. The lowest BCUT2D eigenvalue weighted by Crippen LogP contribution is -2.39. The molecule has 1 saturated carbocycles. The van der Waals surface area contributed by atoms with Gasteiger partial charge in [-0.2, -0.15) is 4.31 Å². The fourth-order valence-corrected chi connectivity index (χ4v) is 5.44. The summed E-state index contributed by atoms with van der Waals surface area (Å²) in [4.78, 5) is 12.3. The number of hydrogen-bond acceptors (Lipinski definition) is 4. The molecule has 0 aromatic heterocycles. The van der Waals surface area contributed by atoms with E-state index in [0.717, 1.165) is 38.5 Å². The Morgan fingerprint density at radius 1 is 1.11 bits per heavy atom. The molecule has 2 fully saturated rings. The van der Waals surface area contributed by atoms with Gasteiger partial charge in [-0.1, -0.05) is 26.2 Å². The van der Waals surface area contributed by atoms with Crippen LogP contribution in [0.15, 0.2) is 29.2 Å². The van der Waals surface area contributed by atoms with E-state index in [1.807, 2.05) is 0 Å². The molecule has 1 aromatic rings. The van der Waals surface area contributed by atoms with Crippen molar-refractivity contribution in [3.05, 3.63) is 24.3 Å². The Hall–Kier alpha value is -1.44. The first-order chi connectivity index (χ1) is 12.9. The molecule has 1 saturated heterocycles. The highest BCUT2D eigenvalue weighted by molar-refractivity contribution is 7.89. The summed E-state index contributed by atoms with van der Waals surface area (Å²) < 4.78 is 32.8. The summed E-state index contributed by atoms with van der Waals surface area (Å²) in [5, 5.41) is 2.77. The summed E-state index contributed by atoms with van der Waals surface area (Å²) in [6.07, 6.45) is 7.77. The standard InChI is InChI=1S/C20H30N2O4S/c1-16-6-5-13-22(14-16)27(24,25)19-11-9-17(10-12-19)21-20(23)15-26-18-7-3-2-4-8-18/h9-12,16,18H,2-8,13-15H2,1H3,(H,21,23). The maximum atomic E-state index is 12.8. The number of piperidine rings is 1. The fraction of sp³-hybridized carbons (Fsp3) is 0.650. The van der Waals surface area contributed by atoms with Crippen molar-refractivity contribution in [2.24, 2.45) is 5.92 Å². The number of sulfonamides is 1. The van der Waals surface area contributed by atoms with Crippen LogP contribution in [-0.4, -0.2) is 44.4 Å². The van der Waals surface area contributed by atoms with Crippen LogP contribution in [0.1, 0.15) is 51.9 Å². The maximum Gasteiger partial charge on any atom is 0.250 e. The lowest BCUT2D eigenvalue weighted by Gasteiger charge is -2.30. The Morgan fingerprint density at radius 2 is 1.81 bits per heavy atom. The smallest absolute Gasteiger partial charge is 0.250 e. The molecule has 1 aliphatic carbocycles. The van der Waals surface area contributed by atoms with Gasteiger partial charge in [0.25, 0.3) is 0 Å². The van der Waals surface area contributed by atoms with Gasteiger partial charge < -0.3 is 10.1 Å². The number of rotatable bonds is 6. The van der Waals surface area contributed by atoms with Crippen LogP contribution >= 0.6 is 0 Å². The summed E-state index contributed by atoms with van der Waals surface area (Å²) in [5.74, 6) is 0.178. The molecule has 1 aromatic carbocycles. The SMILES string of the molecule is CC1CCCN(S(=O)(=O)c2ccc(NC(=O)COC3CCCCC3)cc2)C1. The summed E-state index contributed by atoms with van der Waals surface area (Å²) in [6, 6.07) is 6.40. The molecule has 1 heterocycles. The zero-order valence-electron chi connectivity index (χ0n) is 16.0. The van der Waals surface area contributed by atoms with E-state index in [1.165, 1.54) is 6.42 Å². The molecule has 7 heteroatoms. The molecule has 1 amide bonds. The van der Waals surface area contributed by atoms with Crippen LogP contribution < -0.4 is 5.32 Å². The molecule has 1 atom stereocenters. The number of carbonyl (C=O) groups is 1. The molecule has 27 heavy (non-hydrogen) atoms. The van der Waals surface area contributed by atoms with E-state index in [0.29, 0.717) is 24.7 Å². The Labute approximate surface area is 162 Å². The predicted molar refractivity (Wildman–Crippen MR) is 105 cm³/mol. The number of anilines is 1. The Kier molecular flexibility index (Phi) is 6.89. The first kappa shape index (κ1) is 20.3. The second kappa shape index (κ2) is 9.17. The summed E-state index contributed by atoms with van der Waals surface area (Å²) in [5.41, 5.74) is 0.582. The molecule has 2 aliphatic rings. The van der Waals surface area contributed by atoms with Crippen LogP contribution in [0.3, 0.4) is 0 Å². The highest BCUT2D eigenvalue weighted by atomic mass is 32.2. The van der Waals surface area contributed by atoms with Gasteiger partial charge >= 0.3 is 0 Å². The molecule has 1 N–H and O–H groups in total. The van der Waals surface area contributed by atoms with Gasteiger partial charge in [-0.3, -0.25) is 4.79 Å². The second-order valence-electron chi connectivity index (χ2n) is 7.75. The molecule has 0 bridgehead atoms. The van der Waals surface area contributed by atoms with Crippen molar-refractivity contribution < 1.29 is 17.9 Å². The number of amides is 1. The zero-order valence-corrected chi connectivity index (χ0v) is 16.8. The molecule has 1 aliphatic heterocycles. The molecule has 6 nitrogen and oxygen atoms in total. The number of carbonyl (C=O) groups excluding carboxylic acids is 1. The number of hydrogen-bond donors (Lipinski definition) is 1. The van der Waals surface area contributed by atoms with Crippen molar-refractivity contribution in [1.29, 1.82) is 0 Å². The van der Waals surface area contributed by atoms with Crippen LogP contribution in [0.5, 0.6) is 0 Å². The van der Waals surface area contributed by atoms with Crippen molar-refractivity contribution >= 4 is 21.6 Å². The minimum Gasteiger partial charge on any atom is -0.368 e. The van der Waals surface area contributed by atoms with Crippen molar-refractivity contribution in [3.8, 4) is 0 Å². The van der Waals surface area contributed by atoms with E-state index in [1.54, 1.807) is 28.6 Å². The van der Waals surface area contributed by atoms with Gasteiger partial charge in [0.05, 0.1) is 11.0 Å². The van der Waals surface area contributed by atoms with Gasteiger partial charge in [-0.25, -0.2) is 8.42 Å². The molecule has 150 valence electrons. The normalized spacial score (nSPS) is 22.5. The van der Waals surface area contributed by atoms with E-state index in [-0.39, 0.29) is 23.5 Å². The van der Waals surface area contributed by atoms with Gasteiger partial charge in [0, 0.05) is 18.8 Å². The van der Waals surface area contributed by atoms with Gasteiger partial charge in [-0.05, 0) is 55.9 Å². The van der Waals surface area contributed by atoms with Gasteiger partial charge in [0.15, 0.2) is 0 Å². The van der Waals surface area contributed by atoms with Crippen LogP contribution in [-0.2, 0) is 19.6 Å². The van der Waals surface area contributed by atoms with Gasteiger partial charge in [0.2, 0.25) is 15.9 Å². The van der Waals surface area contributed by atoms with Crippen molar-refractivity contribution in [1.82, 2.24) is 4.31 Å². The minimum absolute atomic E-state index is 0.0381. The third-order valence-electron chi connectivity index (χ3n) is 5.40. The number of ether oxygens (including phenoxy) is 1. The summed E-state index contributed by atoms with van der Waals surface area (Å²) in [7, 11) is -3.47. The second-order valence-corrected chi connectivity index (χ2v) is 9.69. The van der Waals surface area contributed by atoms with Crippen LogP contribution in [0.25, 0.3) is 0 Å². The number of benzene rings is 1. The molecule has 1 unspecified atom stereocenters. The molecule has 3 rings (SSSR count). The van der Waals surface area contributed by atoms with E-state index >= 15 is 0 Å². The average Bonchev–Trinajstić information content (AvgIpc) is 2.68. The van der Waals surface area contributed by atoms with Crippen molar-refractivity contribution in [2.75, 3.05) is 25.0 Å². The van der Waals surface area contributed by atoms with Crippen molar-refractivity contribution in [2.45, 2.75) is 62.9 Å². The minimum atomic E-state index is -3.47. The zero-order chi connectivity index (χ0) is 19.3. The van der Waals surface area contributed by atoms with E-state index in [9.17, 15) is 13.2 Å². The van der Waals surface area contributed by atoms with E-state index in [2.05, 4.69) is 12.2 Å². The quantitative estimate of drug-likeness (QED) is 0.802. The van der Waals surface area contributed by atoms with Crippen LogP contribution in [0, 0.1) is 5.92 Å². The largest absolute Gasteiger partial charge is 0.368 e. The van der Waals surface area contributed by atoms with E-state index in [4.69, 9.17) is 4.74 Å². The van der Waals surface area contributed by atoms with Crippen molar-refractivity contribution in [3.63, 3.8) is 0 Å². The number of nitrogens with one attached hydrogen (secondary N) is 1. The van der Waals surface area contributed by atoms with Crippen LogP contribution in [0.4, 0.5) is 5.69 Å². The van der Waals surface area contributed by atoms with Crippen LogP contribution in [0.2, 0.25) is 0 Å².